The van der Waals surface area contributed by atoms with E-state index in [4.69, 9.17) is 16.0 Å². The molecule has 0 unspecified atom stereocenters. The predicted octanol–water partition coefficient (Wildman–Crippen LogP) is 3.56. The molecule has 1 aromatic carbocycles. The highest BCUT2D eigenvalue weighted by Crippen LogP contribution is 2.29. The average Bonchev–Trinajstić information content (AvgIpc) is 3.33. The summed E-state index contributed by atoms with van der Waals surface area (Å²) in [7, 11) is 0. The van der Waals surface area contributed by atoms with Crippen molar-refractivity contribution >= 4 is 29.1 Å². The Labute approximate surface area is 169 Å². The van der Waals surface area contributed by atoms with Crippen LogP contribution in [0, 0.1) is 0 Å². The molecule has 8 heteroatoms. The number of carbonyl (C=O) groups is 2. The molecule has 0 aliphatic carbocycles. The van der Waals surface area contributed by atoms with Gasteiger partial charge in [-0.25, -0.2) is 4.98 Å². The standard InChI is InChI=1S/C20H25ClN4O3/c1-12(2)22-19(27)16-11-28-20(24-16)13(3)23-18(26)14-6-7-17(15(21)10-14)25-8-4-5-9-25/h6-7,10-13H,4-5,8-9H2,1-3H3,(H,22,27)(H,23,26)/t13-/m0/s1. The molecule has 1 saturated heterocycles. The maximum atomic E-state index is 12.6. The van der Waals surface area contributed by atoms with E-state index < -0.39 is 6.04 Å². The fourth-order valence-electron chi connectivity index (χ4n) is 3.13. The molecule has 2 N–H and O–H groups in total. The molecule has 0 radical (unpaired) electrons. The number of nitrogens with one attached hydrogen (secondary N) is 2. The lowest BCUT2D eigenvalue weighted by Gasteiger charge is -2.19. The lowest BCUT2D eigenvalue weighted by Crippen LogP contribution is -2.30. The van der Waals surface area contributed by atoms with Gasteiger partial charge in [0, 0.05) is 24.7 Å². The smallest absolute Gasteiger partial charge is 0.273 e. The lowest BCUT2D eigenvalue weighted by molar-refractivity contribution is 0.0929. The number of hydrogen-bond acceptors (Lipinski definition) is 5. The highest BCUT2D eigenvalue weighted by molar-refractivity contribution is 6.33. The number of aromatic nitrogens is 1. The number of anilines is 1. The van der Waals surface area contributed by atoms with Gasteiger partial charge in [0.15, 0.2) is 5.69 Å². The van der Waals surface area contributed by atoms with E-state index in [1.54, 1.807) is 19.1 Å². The van der Waals surface area contributed by atoms with E-state index in [1.807, 2.05) is 19.9 Å². The van der Waals surface area contributed by atoms with Gasteiger partial charge in [-0.2, -0.15) is 0 Å². The molecule has 150 valence electrons. The molecule has 1 aliphatic heterocycles. The van der Waals surface area contributed by atoms with E-state index in [9.17, 15) is 9.59 Å². The number of hydrogen-bond donors (Lipinski definition) is 2. The zero-order valence-corrected chi connectivity index (χ0v) is 17.0. The maximum Gasteiger partial charge on any atom is 0.273 e. The van der Waals surface area contributed by atoms with E-state index in [1.165, 1.54) is 6.26 Å². The van der Waals surface area contributed by atoms with Gasteiger partial charge in [0.2, 0.25) is 5.89 Å². The van der Waals surface area contributed by atoms with Crippen molar-refractivity contribution in [3.05, 3.63) is 46.6 Å². The SMILES string of the molecule is CC(C)NC(=O)c1coc([C@H](C)NC(=O)c2ccc(N3CCCC3)c(Cl)c2)n1. The molecule has 1 atom stereocenters. The third kappa shape index (κ3) is 4.65. The fraction of sp³-hybridized carbons (Fsp3) is 0.450. The van der Waals surface area contributed by atoms with Crippen LogP contribution in [0.1, 0.15) is 66.4 Å². The van der Waals surface area contributed by atoms with E-state index in [0.29, 0.717) is 10.6 Å². The predicted molar refractivity (Wildman–Crippen MR) is 108 cm³/mol. The molecule has 1 fully saturated rings. The molecule has 1 aromatic heterocycles. The normalized spacial score (nSPS) is 15.0. The molecule has 2 amide bonds. The third-order valence-electron chi connectivity index (χ3n) is 4.55. The quantitative estimate of drug-likeness (QED) is 0.768. The molecule has 0 bridgehead atoms. The van der Waals surface area contributed by atoms with E-state index in [0.717, 1.165) is 31.6 Å². The molecular formula is C20H25ClN4O3. The van der Waals surface area contributed by atoms with Crippen LogP contribution in [0.2, 0.25) is 5.02 Å². The van der Waals surface area contributed by atoms with Crippen molar-refractivity contribution in [2.75, 3.05) is 18.0 Å². The van der Waals surface area contributed by atoms with Crippen molar-refractivity contribution in [1.82, 2.24) is 15.6 Å². The molecule has 2 aromatic rings. The fourth-order valence-corrected chi connectivity index (χ4v) is 3.43. The van der Waals surface area contributed by atoms with Gasteiger partial charge in [0.25, 0.3) is 11.8 Å². The van der Waals surface area contributed by atoms with Crippen molar-refractivity contribution in [3.8, 4) is 0 Å². The first kappa shape index (κ1) is 20.2. The zero-order valence-electron chi connectivity index (χ0n) is 16.3. The topological polar surface area (TPSA) is 87.5 Å². The number of benzene rings is 1. The minimum absolute atomic E-state index is 0.00180. The Morgan fingerprint density at radius 1 is 1.14 bits per heavy atom. The van der Waals surface area contributed by atoms with Crippen LogP contribution in [0.5, 0.6) is 0 Å². The Morgan fingerprint density at radius 3 is 2.50 bits per heavy atom. The van der Waals surface area contributed by atoms with Crippen molar-refractivity contribution in [3.63, 3.8) is 0 Å². The molecule has 1 aliphatic rings. The summed E-state index contributed by atoms with van der Waals surface area (Å²) in [4.78, 5) is 30.9. The van der Waals surface area contributed by atoms with Crippen LogP contribution in [0.15, 0.2) is 28.9 Å². The molecular weight excluding hydrogens is 380 g/mol. The summed E-state index contributed by atoms with van der Waals surface area (Å²) in [6.07, 6.45) is 3.60. The zero-order chi connectivity index (χ0) is 20.3. The molecule has 7 nitrogen and oxygen atoms in total. The Hall–Kier alpha value is -2.54. The second-order valence-electron chi connectivity index (χ2n) is 7.25. The van der Waals surface area contributed by atoms with Crippen LogP contribution in [-0.4, -0.2) is 35.9 Å². The monoisotopic (exact) mass is 404 g/mol. The summed E-state index contributed by atoms with van der Waals surface area (Å²) in [5.74, 6) is -0.330. The van der Waals surface area contributed by atoms with Crippen LogP contribution < -0.4 is 15.5 Å². The Bertz CT molecular complexity index is 859. The van der Waals surface area contributed by atoms with Gasteiger partial charge in [-0.15, -0.1) is 0 Å². The van der Waals surface area contributed by atoms with E-state index in [2.05, 4.69) is 20.5 Å². The minimum Gasteiger partial charge on any atom is -0.446 e. The Kier molecular flexibility index (Phi) is 6.24. The summed E-state index contributed by atoms with van der Waals surface area (Å²) in [5, 5.41) is 6.13. The van der Waals surface area contributed by atoms with Gasteiger partial charge in [-0.05, 0) is 51.8 Å². The van der Waals surface area contributed by atoms with Crippen LogP contribution in [0.25, 0.3) is 0 Å². The van der Waals surface area contributed by atoms with E-state index in [-0.39, 0.29) is 29.4 Å². The number of oxazole rings is 1. The molecule has 3 rings (SSSR count). The van der Waals surface area contributed by atoms with Crippen LogP contribution in [-0.2, 0) is 0 Å². The van der Waals surface area contributed by atoms with Crippen molar-refractivity contribution in [1.29, 1.82) is 0 Å². The molecule has 28 heavy (non-hydrogen) atoms. The van der Waals surface area contributed by atoms with Crippen LogP contribution in [0.4, 0.5) is 5.69 Å². The number of carbonyl (C=O) groups excluding carboxylic acids is 2. The van der Waals surface area contributed by atoms with Gasteiger partial charge < -0.3 is 20.0 Å². The summed E-state index contributed by atoms with van der Waals surface area (Å²) >= 11 is 6.39. The first-order valence-corrected chi connectivity index (χ1v) is 9.84. The molecule has 0 spiro atoms. The van der Waals surface area contributed by atoms with Gasteiger partial charge in [0.05, 0.1) is 10.7 Å². The van der Waals surface area contributed by atoms with Gasteiger partial charge in [-0.3, -0.25) is 9.59 Å². The van der Waals surface area contributed by atoms with Crippen molar-refractivity contribution in [2.24, 2.45) is 0 Å². The first-order valence-electron chi connectivity index (χ1n) is 9.47. The Morgan fingerprint density at radius 2 is 1.86 bits per heavy atom. The summed E-state index contributed by atoms with van der Waals surface area (Å²) in [6.45, 7) is 7.44. The summed E-state index contributed by atoms with van der Waals surface area (Å²) in [5.41, 5.74) is 1.60. The number of nitrogens with zero attached hydrogens (tertiary/aromatic N) is 2. The number of halogens is 1. The number of amides is 2. The van der Waals surface area contributed by atoms with Gasteiger partial charge >= 0.3 is 0 Å². The minimum atomic E-state index is -0.495. The molecule has 2 heterocycles. The van der Waals surface area contributed by atoms with Crippen LogP contribution in [0.3, 0.4) is 0 Å². The first-order chi connectivity index (χ1) is 13.3. The van der Waals surface area contributed by atoms with Crippen molar-refractivity contribution in [2.45, 2.75) is 45.7 Å². The lowest BCUT2D eigenvalue weighted by atomic mass is 10.1. The molecule has 0 saturated carbocycles. The largest absolute Gasteiger partial charge is 0.446 e. The maximum absolute atomic E-state index is 12.6. The van der Waals surface area contributed by atoms with Gasteiger partial charge in [0.1, 0.15) is 12.3 Å². The highest BCUT2D eigenvalue weighted by atomic mass is 35.5. The van der Waals surface area contributed by atoms with Gasteiger partial charge in [-0.1, -0.05) is 11.6 Å². The second kappa shape index (κ2) is 8.65. The highest BCUT2D eigenvalue weighted by Gasteiger charge is 2.21. The summed E-state index contributed by atoms with van der Waals surface area (Å²) < 4.78 is 5.36. The summed E-state index contributed by atoms with van der Waals surface area (Å²) in [6, 6.07) is 4.82. The Balaban J connectivity index is 1.65. The van der Waals surface area contributed by atoms with E-state index >= 15 is 0 Å². The number of rotatable bonds is 6. The average molecular weight is 405 g/mol. The second-order valence-corrected chi connectivity index (χ2v) is 7.66. The third-order valence-corrected chi connectivity index (χ3v) is 4.85. The van der Waals surface area contributed by atoms with Crippen LogP contribution >= 0.6 is 11.6 Å². The van der Waals surface area contributed by atoms with Crippen molar-refractivity contribution < 1.29 is 14.0 Å².